The number of halogens is 4. The second-order valence-corrected chi connectivity index (χ2v) is 8.32. The fourth-order valence-electron chi connectivity index (χ4n) is 3.53. The molecule has 0 saturated carbocycles. The molecule has 2 amide bonds. The van der Waals surface area contributed by atoms with Crippen LogP contribution in [0.3, 0.4) is 0 Å². The molecule has 0 bridgehead atoms. The first kappa shape index (κ1) is 22.3. The normalized spacial score (nSPS) is 16.8. The highest BCUT2D eigenvalue weighted by molar-refractivity contribution is 9.10. The van der Waals surface area contributed by atoms with E-state index in [0.29, 0.717) is 19.8 Å². The Balaban J connectivity index is 1.51. The van der Waals surface area contributed by atoms with Gasteiger partial charge in [0.05, 0.1) is 30.9 Å². The molecule has 3 heterocycles. The van der Waals surface area contributed by atoms with Crippen LogP contribution < -0.4 is 9.64 Å². The lowest BCUT2D eigenvalue weighted by Gasteiger charge is -2.57. The van der Waals surface area contributed by atoms with E-state index in [9.17, 15) is 27.9 Å². The van der Waals surface area contributed by atoms with E-state index in [4.69, 9.17) is 4.74 Å². The van der Waals surface area contributed by atoms with Crippen molar-refractivity contribution in [2.24, 2.45) is 0 Å². The number of ether oxygens (including phenoxy) is 2. The van der Waals surface area contributed by atoms with Gasteiger partial charge >= 0.3 is 12.5 Å². The number of nitrogens with zero attached hydrogens (tertiary/aromatic N) is 4. The van der Waals surface area contributed by atoms with Crippen LogP contribution in [0, 0.1) is 0 Å². The maximum absolute atomic E-state index is 12.7. The summed E-state index contributed by atoms with van der Waals surface area (Å²) in [5.41, 5.74) is 0.144. The van der Waals surface area contributed by atoms with Gasteiger partial charge in [0.15, 0.2) is 0 Å². The highest BCUT2D eigenvalue weighted by atomic mass is 79.9. The minimum absolute atomic E-state index is 0.202. The Morgan fingerprint density at radius 3 is 2.44 bits per heavy atom. The number of rotatable bonds is 5. The fourth-order valence-corrected chi connectivity index (χ4v) is 4.05. The van der Waals surface area contributed by atoms with E-state index in [1.165, 1.54) is 18.5 Å². The van der Waals surface area contributed by atoms with E-state index < -0.39 is 18.2 Å². The molecule has 2 saturated heterocycles. The van der Waals surface area contributed by atoms with Gasteiger partial charge in [-0.3, -0.25) is 4.79 Å². The van der Waals surface area contributed by atoms with E-state index in [-0.39, 0.29) is 39.5 Å². The molecular formula is C19H16BrF3N4O5. The Morgan fingerprint density at radius 2 is 1.94 bits per heavy atom. The number of carbonyl (C=O) groups excluding carboxylic acids is 1. The lowest BCUT2D eigenvalue weighted by molar-refractivity contribution is -0.274. The molecule has 32 heavy (non-hydrogen) atoms. The van der Waals surface area contributed by atoms with Crippen molar-refractivity contribution in [3.8, 4) is 5.75 Å². The SMILES string of the molecule is O=C(O)N(Cc1cc(Br)cc(OC(F)(F)F)c1)c1ncc(C(=O)N2CCC23COC3)cn1. The Kier molecular flexibility index (Phi) is 5.71. The maximum Gasteiger partial charge on any atom is 0.573 e. The number of aromatic nitrogens is 2. The van der Waals surface area contributed by atoms with Gasteiger partial charge in [0.25, 0.3) is 5.91 Å². The Labute approximate surface area is 187 Å². The zero-order valence-electron chi connectivity index (χ0n) is 16.3. The third-order valence-electron chi connectivity index (χ3n) is 5.22. The van der Waals surface area contributed by atoms with Gasteiger partial charge < -0.3 is 19.5 Å². The van der Waals surface area contributed by atoms with Crippen LogP contribution in [0.2, 0.25) is 0 Å². The molecule has 170 valence electrons. The van der Waals surface area contributed by atoms with Crippen LogP contribution in [-0.4, -0.2) is 63.6 Å². The van der Waals surface area contributed by atoms with Crippen LogP contribution in [0.15, 0.2) is 35.1 Å². The molecule has 1 spiro atoms. The van der Waals surface area contributed by atoms with Crippen molar-refractivity contribution in [3.05, 3.63) is 46.2 Å². The molecule has 2 fully saturated rings. The van der Waals surface area contributed by atoms with Gasteiger partial charge in [0.2, 0.25) is 5.95 Å². The summed E-state index contributed by atoms with van der Waals surface area (Å²) in [7, 11) is 0. The van der Waals surface area contributed by atoms with E-state index in [0.717, 1.165) is 23.5 Å². The predicted molar refractivity (Wildman–Crippen MR) is 106 cm³/mol. The summed E-state index contributed by atoms with van der Waals surface area (Å²) >= 11 is 3.08. The quantitative estimate of drug-likeness (QED) is 0.648. The second-order valence-electron chi connectivity index (χ2n) is 7.41. The number of amides is 2. The number of benzene rings is 1. The second kappa shape index (κ2) is 8.20. The monoisotopic (exact) mass is 516 g/mol. The van der Waals surface area contributed by atoms with Gasteiger partial charge in [0.1, 0.15) is 5.75 Å². The van der Waals surface area contributed by atoms with Crippen LogP contribution >= 0.6 is 15.9 Å². The minimum atomic E-state index is -4.89. The number of carboxylic acid groups (broad SMARTS) is 1. The van der Waals surface area contributed by atoms with E-state index in [1.807, 2.05) is 0 Å². The first-order valence-electron chi connectivity index (χ1n) is 9.34. The highest BCUT2D eigenvalue weighted by Crippen LogP contribution is 2.38. The molecule has 1 N–H and O–H groups in total. The number of likely N-dealkylation sites (tertiary alicyclic amines) is 1. The van der Waals surface area contributed by atoms with Gasteiger partial charge in [-0.2, -0.15) is 0 Å². The summed E-state index contributed by atoms with van der Waals surface area (Å²) in [5.74, 6) is -0.996. The van der Waals surface area contributed by atoms with Crippen LogP contribution in [0.25, 0.3) is 0 Å². The average Bonchev–Trinajstić information content (AvgIpc) is 2.62. The molecule has 4 rings (SSSR count). The molecule has 13 heteroatoms. The third kappa shape index (κ3) is 4.48. The van der Waals surface area contributed by atoms with Crippen molar-refractivity contribution in [1.82, 2.24) is 14.9 Å². The smallest absolute Gasteiger partial charge is 0.465 e. The van der Waals surface area contributed by atoms with Crippen LogP contribution in [0.4, 0.5) is 23.9 Å². The summed E-state index contributed by atoms with van der Waals surface area (Å²) in [5, 5.41) is 9.57. The molecule has 2 aromatic rings. The van der Waals surface area contributed by atoms with Gasteiger partial charge in [-0.05, 0) is 30.2 Å². The van der Waals surface area contributed by atoms with Gasteiger partial charge in [-0.25, -0.2) is 19.7 Å². The van der Waals surface area contributed by atoms with E-state index >= 15 is 0 Å². The molecule has 9 nitrogen and oxygen atoms in total. The summed E-state index contributed by atoms with van der Waals surface area (Å²) in [4.78, 5) is 34.8. The van der Waals surface area contributed by atoms with Gasteiger partial charge in [0, 0.05) is 23.4 Å². The Morgan fingerprint density at radius 1 is 1.25 bits per heavy atom. The lowest BCUT2D eigenvalue weighted by atomic mass is 9.82. The highest BCUT2D eigenvalue weighted by Gasteiger charge is 2.53. The van der Waals surface area contributed by atoms with Crippen LogP contribution in [0.1, 0.15) is 22.3 Å². The summed E-state index contributed by atoms with van der Waals surface area (Å²) < 4.78 is 46.9. The number of alkyl halides is 3. The summed E-state index contributed by atoms with van der Waals surface area (Å²) in [6.45, 7) is 1.22. The molecule has 1 aromatic carbocycles. The molecule has 0 radical (unpaired) electrons. The molecule has 1 aromatic heterocycles. The van der Waals surface area contributed by atoms with Crippen molar-refractivity contribution >= 4 is 33.9 Å². The molecule has 0 atom stereocenters. The number of hydrogen-bond acceptors (Lipinski definition) is 6. The largest absolute Gasteiger partial charge is 0.573 e. The molecule has 2 aliphatic heterocycles. The first-order valence-corrected chi connectivity index (χ1v) is 10.1. The molecule has 0 unspecified atom stereocenters. The van der Waals surface area contributed by atoms with Crippen LogP contribution in [-0.2, 0) is 11.3 Å². The average molecular weight is 517 g/mol. The fraction of sp³-hybridized carbons (Fsp3) is 0.368. The van der Waals surface area contributed by atoms with Crippen molar-refractivity contribution in [3.63, 3.8) is 0 Å². The van der Waals surface area contributed by atoms with Crippen molar-refractivity contribution < 1.29 is 37.3 Å². The predicted octanol–water partition coefficient (Wildman–Crippen LogP) is 3.44. The summed E-state index contributed by atoms with van der Waals surface area (Å²) in [6.07, 6.45) is -3.00. The first-order chi connectivity index (χ1) is 15.1. The van der Waals surface area contributed by atoms with Crippen LogP contribution in [0.5, 0.6) is 5.75 Å². The molecule has 2 aliphatic rings. The standard InChI is InChI=1S/C19H16BrF3N4O5/c20-13-3-11(4-14(5-13)32-19(21,22)23)8-26(17(29)30)16-24-6-12(7-25-16)15(28)27-2-1-18(27)9-31-10-18/h3-7H,1-2,8-10H2,(H,29,30). The Bertz CT molecular complexity index is 1040. The van der Waals surface area contributed by atoms with Crippen molar-refractivity contribution in [2.75, 3.05) is 24.7 Å². The van der Waals surface area contributed by atoms with Gasteiger partial charge in [-0.15, -0.1) is 13.2 Å². The topological polar surface area (TPSA) is 105 Å². The molecule has 0 aliphatic carbocycles. The van der Waals surface area contributed by atoms with E-state index in [2.05, 4.69) is 30.6 Å². The molecular weight excluding hydrogens is 501 g/mol. The van der Waals surface area contributed by atoms with E-state index in [1.54, 1.807) is 4.90 Å². The number of hydrogen-bond donors (Lipinski definition) is 1. The van der Waals surface area contributed by atoms with Crippen molar-refractivity contribution in [2.45, 2.75) is 24.9 Å². The number of carbonyl (C=O) groups is 2. The Hall–Kier alpha value is -2.93. The third-order valence-corrected chi connectivity index (χ3v) is 5.68. The van der Waals surface area contributed by atoms with Gasteiger partial charge in [-0.1, -0.05) is 15.9 Å². The lowest BCUT2D eigenvalue weighted by Crippen LogP contribution is -2.72. The van der Waals surface area contributed by atoms with Crippen molar-refractivity contribution in [1.29, 1.82) is 0 Å². The zero-order chi connectivity index (χ0) is 23.1. The number of anilines is 1. The maximum atomic E-state index is 12.7. The summed E-state index contributed by atoms with van der Waals surface area (Å²) in [6, 6.07) is 3.62. The minimum Gasteiger partial charge on any atom is -0.465 e. The zero-order valence-corrected chi connectivity index (χ0v) is 17.9.